The standard InChI is InChI=1S/H4N15P/c1-4-7-10-13-16(14-11-8-5-2)15-12-9-6-3/h(H4,1,2,3,7,8,9,13,14,15). The van der Waals surface area contributed by atoms with Crippen molar-refractivity contribution in [2.45, 2.75) is 0 Å². The number of hydrogen-bond acceptors (Lipinski definition) is 3. The van der Waals surface area contributed by atoms with Crippen LogP contribution in [0.25, 0.3) is 0 Å². The SMILES string of the molecule is N=N/N=N/N=P(=N\N=N\N=N)\N=N\N=N\N. The van der Waals surface area contributed by atoms with Crippen LogP contribution in [-0.4, -0.2) is 0 Å². The Balaban J connectivity index is 4.88. The maximum atomic E-state index is 6.28. The predicted molar refractivity (Wildman–Crippen MR) is 45.7 cm³/mol. The Kier molecular flexibility index (Phi) is 8.63. The molecule has 4 N–H and O–H groups in total. The third-order valence-electron chi connectivity index (χ3n) is 0.621. The van der Waals surface area contributed by atoms with Gasteiger partial charge in [-0.05, 0) is 41.8 Å². The van der Waals surface area contributed by atoms with Gasteiger partial charge in [0.1, 0.15) is 0 Å². The van der Waals surface area contributed by atoms with E-state index < -0.39 is 7.66 Å². The molecule has 0 aromatic rings. The summed E-state index contributed by atoms with van der Waals surface area (Å²) >= 11 is 0. The van der Waals surface area contributed by atoms with E-state index in [-0.39, 0.29) is 0 Å². The summed E-state index contributed by atoms with van der Waals surface area (Å²) in [5.74, 6) is 4.65. The monoisotopic (exact) mass is 245 g/mol. The smallest absolute Gasteiger partial charge is 0.261 e. The van der Waals surface area contributed by atoms with Gasteiger partial charge in [-0.15, -0.1) is 0 Å². The topological polar surface area (TPSA) is 222 Å². The first-order chi connectivity index (χ1) is 7.85. The van der Waals surface area contributed by atoms with Crippen LogP contribution in [0.4, 0.5) is 0 Å². The van der Waals surface area contributed by atoms with Crippen molar-refractivity contribution in [3.63, 3.8) is 0 Å². The lowest BCUT2D eigenvalue weighted by Crippen LogP contribution is -1.70. The summed E-state index contributed by atoms with van der Waals surface area (Å²) in [4.78, 5) is 10.0. The second-order valence-electron chi connectivity index (χ2n) is 1.39. The molecule has 0 aliphatic rings. The molecule has 0 heterocycles. The van der Waals surface area contributed by atoms with Crippen LogP contribution >= 0.6 is 7.66 Å². The van der Waals surface area contributed by atoms with Gasteiger partial charge in [0.2, 0.25) is 0 Å². The Bertz CT molecular complexity index is 369. The highest BCUT2D eigenvalue weighted by molar-refractivity contribution is 7.34. The van der Waals surface area contributed by atoms with Crippen LogP contribution in [0.2, 0.25) is 0 Å². The van der Waals surface area contributed by atoms with Crippen molar-refractivity contribution in [2.75, 3.05) is 0 Å². The summed E-state index contributed by atoms with van der Waals surface area (Å²) in [6.07, 6.45) is 0. The van der Waals surface area contributed by atoms with Crippen molar-refractivity contribution in [3.8, 4) is 0 Å². The van der Waals surface area contributed by atoms with Gasteiger partial charge in [-0.2, -0.15) is 11.1 Å². The number of rotatable bonds is 6. The van der Waals surface area contributed by atoms with Crippen LogP contribution in [0.3, 0.4) is 0 Å². The highest BCUT2D eigenvalue weighted by Gasteiger charge is 1.82. The first-order valence-corrected chi connectivity index (χ1v) is 4.31. The highest BCUT2D eigenvalue weighted by atomic mass is 31.1. The van der Waals surface area contributed by atoms with Gasteiger partial charge in [-0.3, -0.25) is 0 Å². The highest BCUT2D eigenvalue weighted by Crippen LogP contribution is 2.19. The quantitative estimate of drug-likeness (QED) is 0.272. The van der Waals surface area contributed by atoms with E-state index in [1.807, 2.05) is 0 Å². The number of hydrogen-bond donors (Lipinski definition) is 3. The first-order valence-electron chi connectivity index (χ1n) is 3.11. The third kappa shape index (κ3) is 7.92. The fourth-order valence-corrected chi connectivity index (χ4v) is 0.707. The molecule has 0 fully saturated rings. The minimum Gasteiger partial charge on any atom is -0.303 e. The summed E-state index contributed by atoms with van der Waals surface area (Å²) in [5, 5.41) is 25.7. The Hall–Kier alpha value is -2.70. The number of nitrogens with two attached hydrogens (primary N) is 1. The largest absolute Gasteiger partial charge is 0.303 e. The first kappa shape index (κ1) is 13.3. The van der Waals surface area contributed by atoms with E-state index in [1.165, 1.54) is 0 Å². The molecule has 84 valence electrons. The van der Waals surface area contributed by atoms with Crippen molar-refractivity contribution in [1.82, 2.24) is 0 Å². The average molecular weight is 245 g/mol. The molecule has 0 unspecified atom stereocenters. The fourth-order valence-electron chi connectivity index (χ4n) is 0.278. The summed E-state index contributed by atoms with van der Waals surface area (Å²) in [5.41, 5.74) is 12.6. The minimum atomic E-state index is -1.90. The molecule has 0 saturated heterocycles. The van der Waals surface area contributed by atoms with Crippen molar-refractivity contribution in [3.05, 3.63) is 0 Å². The second kappa shape index (κ2) is 10.4. The van der Waals surface area contributed by atoms with Gasteiger partial charge in [0, 0.05) is 0 Å². The van der Waals surface area contributed by atoms with Gasteiger partial charge in [-0.25, -0.2) is 0 Å². The molecule has 0 rings (SSSR count). The Morgan fingerprint density at radius 1 is 0.750 bits per heavy atom. The van der Waals surface area contributed by atoms with Gasteiger partial charge in [0.25, 0.3) is 7.66 Å². The third-order valence-corrected chi connectivity index (χ3v) is 1.34. The van der Waals surface area contributed by atoms with Crippen LogP contribution in [0, 0.1) is 11.1 Å². The molecule has 0 aromatic carbocycles. The van der Waals surface area contributed by atoms with Crippen molar-refractivity contribution < 1.29 is 0 Å². The van der Waals surface area contributed by atoms with Gasteiger partial charge in [0.05, 0.1) is 0 Å². The van der Waals surface area contributed by atoms with Crippen LogP contribution in [-0.2, 0) is 0 Å². The zero-order valence-corrected chi connectivity index (χ0v) is 8.29. The van der Waals surface area contributed by atoms with Crippen LogP contribution in [0.1, 0.15) is 0 Å². The van der Waals surface area contributed by atoms with Crippen molar-refractivity contribution in [1.29, 1.82) is 11.1 Å². The number of nitrogens with one attached hydrogen (secondary N) is 2. The molecule has 15 nitrogen and oxygen atoms in total. The lowest BCUT2D eigenvalue weighted by molar-refractivity contribution is 0.854. The summed E-state index contributed by atoms with van der Waals surface area (Å²) in [7, 11) is -1.90. The van der Waals surface area contributed by atoms with E-state index in [0.717, 1.165) is 0 Å². The van der Waals surface area contributed by atoms with E-state index in [2.05, 4.69) is 67.4 Å². The lowest BCUT2D eigenvalue weighted by Gasteiger charge is -1.75. The Morgan fingerprint density at radius 3 is 1.75 bits per heavy atom. The minimum absolute atomic E-state index is 1.90. The molecule has 0 amide bonds. The van der Waals surface area contributed by atoms with Gasteiger partial charge in [0.15, 0.2) is 0 Å². The van der Waals surface area contributed by atoms with Crippen LogP contribution in [0.5, 0.6) is 0 Å². The van der Waals surface area contributed by atoms with Gasteiger partial charge >= 0.3 is 0 Å². The van der Waals surface area contributed by atoms with Crippen molar-refractivity contribution in [2.24, 2.45) is 67.4 Å². The van der Waals surface area contributed by atoms with Crippen LogP contribution < -0.4 is 5.84 Å². The molecule has 0 bridgehead atoms. The molecular formula is H4N15P. The lowest BCUT2D eigenvalue weighted by atomic mass is 12.5. The summed E-state index contributed by atoms with van der Waals surface area (Å²) in [6, 6.07) is 0. The Labute approximate surface area is 87.2 Å². The zero-order chi connectivity index (χ0) is 12.1. The molecule has 0 spiro atoms. The molecule has 0 atom stereocenters. The van der Waals surface area contributed by atoms with E-state index in [0.29, 0.717) is 0 Å². The number of nitrogens with zero attached hydrogens (tertiary/aromatic N) is 12. The average Bonchev–Trinajstić information content (AvgIpc) is 2.29. The van der Waals surface area contributed by atoms with E-state index in [4.69, 9.17) is 11.1 Å². The van der Waals surface area contributed by atoms with E-state index >= 15 is 0 Å². The predicted octanol–water partition coefficient (Wildman–Crippen LogP) is 3.07. The normalized spacial score (nSPS) is 13.6. The Morgan fingerprint density at radius 2 is 1.31 bits per heavy atom. The maximum absolute atomic E-state index is 6.28. The van der Waals surface area contributed by atoms with E-state index in [9.17, 15) is 0 Å². The molecule has 0 aliphatic carbocycles. The molecule has 0 aliphatic heterocycles. The maximum Gasteiger partial charge on any atom is 0.261 e. The molecule has 16 heteroatoms. The van der Waals surface area contributed by atoms with E-state index in [1.54, 1.807) is 0 Å². The van der Waals surface area contributed by atoms with Gasteiger partial charge < -0.3 is 5.84 Å². The second-order valence-corrected chi connectivity index (χ2v) is 2.46. The molecular weight excluding hydrogens is 241 g/mol. The molecule has 16 heavy (non-hydrogen) atoms. The van der Waals surface area contributed by atoms with Crippen molar-refractivity contribution >= 4 is 7.66 Å². The molecule has 0 radical (unpaired) electrons. The van der Waals surface area contributed by atoms with Gasteiger partial charge in [-0.1, -0.05) is 19.8 Å². The van der Waals surface area contributed by atoms with Crippen LogP contribution in [0.15, 0.2) is 61.6 Å². The summed E-state index contributed by atoms with van der Waals surface area (Å²) in [6.45, 7) is 0. The summed E-state index contributed by atoms with van der Waals surface area (Å²) < 4.78 is 0. The molecule has 0 aromatic heterocycles. The molecule has 0 saturated carbocycles. The fraction of sp³-hybridized carbons (Fsp3) is 0. The zero-order valence-electron chi connectivity index (χ0n) is 7.39.